The molecule has 2 aliphatic heterocycles. The van der Waals surface area contributed by atoms with Gasteiger partial charge in [0.25, 0.3) is 0 Å². The predicted octanol–water partition coefficient (Wildman–Crippen LogP) is 2.54. The summed E-state index contributed by atoms with van der Waals surface area (Å²) < 4.78 is 53.3. The zero-order valence-electron chi connectivity index (χ0n) is 12.7. The molecule has 0 bridgehead atoms. The van der Waals surface area contributed by atoms with E-state index in [-0.39, 0.29) is 12.4 Å². The smallest absolute Gasteiger partial charge is 0.246 e. The average Bonchev–Trinajstić information content (AvgIpc) is 3.04. The van der Waals surface area contributed by atoms with E-state index in [2.05, 4.69) is 5.32 Å². The van der Waals surface area contributed by atoms with E-state index in [4.69, 9.17) is 0 Å². The minimum atomic E-state index is -3.96. The van der Waals surface area contributed by atoms with Crippen LogP contribution in [0.1, 0.15) is 25.7 Å². The van der Waals surface area contributed by atoms with E-state index < -0.39 is 26.6 Å². The fourth-order valence-corrected chi connectivity index (χ4v) is 4.99. The monoisotopic (exact) mass is 366 g/mol. The van der Waals surface area contributed by atoms with Crippen molar-refractivity contribution in [1.29, 1.82) is 0 Å². The number of rotatable bonds is 3. The Balaban J connectivity index is 0.00000192. The molecule has 0 aromatic heterocycles. The summed E-state index contributed by atoms with van der Waals surface area (Å²) in [5.74, 6) is -1.18. The number of sulfonamides is 1. The van der Waals surface area contributed by atoms with Crippen molar-refractivity contribution < 1.29 is 17.2 Å². The van der Waals surface area contributed by atoms with Gasteiger partial charge in [-0.05, 0) is 56.3 Å². The topological polar surface area (TPSA) is 49.4 Å². The molecule has 130 valence electrons. The Kier molecular flexibility index (Phi) is 5.99. The van der Waals surface area contributed by atoms with Gasteiger partial charge in [0.2, 0.25) is 10.0 Å². The molecular formula is C15H21ClF2N2O2S. The molecule has 4 nitrogen and oxygen atoms in total. The lowest BCUT2D eigenvalue weighted by atomic mass is 9.89. The highest BCUT2D eigenvalue weighted by atomic mass is 35.5. The molecule has 23 heavy (non-hydrogen) atoms. The summed E-state index contributed by atoms with van der Waals surface area (Å²) in [7, 11) is -3.96. The van der Waals surface area contributed by atoms with E-state index >= 15 is 0 Å². The minimum Gasteiger partial charge on any atom is -0.314 e. The van der Waals surface area contributed by atoms with Crippen LogP contribution in [-0.2, 0) is 10.0 Å². The number of nitrogens with one attached hydrogen (secondary N) is 1. The second kappa shape index (κ2) is 7.42. The Morgan fingerprint density at radius 1 is 1.13 bits per heavy atom. The van der Waals surface area contributed by atoms with Crippen LogP contribution in [0.5, 0.6) is 0 Å². The SMILES string of the molecule is Cl.O=S(=O)(c1cc(F)ccc1F)N1CCC(C2CCCN2)CC1. The van der Waals surface area contributed by atoms with Crippen molar-refractivity contribution in [1.82, 2.24) is 9.62 Å². The zero-order valence-corrected chi connectivity index (χ0v) is 14.3. The number of halogens is 3. The van der Waals surface area contributed by atoms with Gasteiger partial charge < -0.3 is 5.32 Å². The fourth-order valence-electron chi connectivity index (χ4n) is 3.45. The largest absolute Gasteiger partial charge is 0.314 e. The Hall–Kier alpha value is -0.760. The van der Waals surface area contributed by atoms with Crippen LogP contribution in [0.25, 0.3) is 0 Å². The van der Waals surface area contributed by atoms with Crippen LogP contribution >= 0.6 is 12.4 Å². The van der Waals surface area contributed by atoms with Gasteiger partial charge in [-0.1, -0.05) is 0 Å². The van der Waals surface area contributed by atoms with E-state index in [0.717, 1.165) is 50.4 Å². The average molecular weight is 367 g/mol. The van der Waals surface area contributed by atoms with Crippen molar-refractivity contribution in [2.75, 3.05) is 19.6 Å². The van der Waals surface area contributed by atoms with Crippen LogP contribution in [0, 0.1) is 17.6 Å². The van der Waals surface area contributed by atoms with Gasteiger partial charge >= 0.3 is 0 Å². The summed E-state index contributed by atoms with van der Waals surface area (Å²) >= 11 is 0. The van der Waals surface area contributed by atoms with Crippen LogP contribution in [0.4, 0.5) is 8.78 Å². The highest BCUT2D eigenvalue weighted by Crippen LogP contribution is 2.29. The van der Waals surface area contributed by atoms with Crippen LogP contribution in [-0.4, -0.2) is 38.4 Å². The molecule has 1 N–H and O–H groups in total. The van der Waals surface area contributed by atoms with Crippen LogP contribution in [0.2, 0.25) is 0 Å². The molecule has 8 heteroatoms. The van der Waals surface area contributed by atoms with Gasteiger partial charge in [-0.2, -0.15) is 4.31 Å². The zero-order chi connectivity index (χ0) is 15.7. The second-order valence-corrected chi connectivity index (χ2v) is 7.93. The van der Waals surface area contributed by atoms with Gasteiger partial charge in [-0.25, -0.2) is 17.2 Å². The lowest BCUT2D eigenvalue weighted by molar-refractivity contribution is 0.233. The summed E-state index contributed by atoms with van der Waals surface area (Å²) in [4.78, 5) is -0.565. The number of nitrogens with zero attached hydrogens (tertiary/aromatic N) is 1. The molecule has 2 heterocycles. The summed E-state index contributed by atoms with van der Waals surface area (Å²) in [6.45, 7) is 1.75. The molecule has 1 atom stereocenters. The van der Waals surface area contributed by atoms with Crippen LogP contribution in [0.3, 0.4) is 0 Å². The number of hydrogen-bond acceptors (Lipinski definition) is 3. The maximum absolute atomic E-state index is 13.8. The quantitative estimate of drug-likeness (QED) is 0.894. The van der Waals surface area contributed by atoms with Gasteiger partial charge in [-0.15, -0.1) is 12.4 Å². The third-order valence-electron chi connectivity index (χ3n) is 4.68. The van der Waals surface area contributed by atoms with E-state index in [1.165, 1.54) is 4.31 Å². The van der Waals surface area contributed by atoms with E-state index in [1.54, 1.807) is 0 Å². The van der Waals surface area contributed by atoms with Gasteiger partial charge in [0, 0.05) is 19.1 Å². The maximum Gasteiger partial charge on any atom is 0.246 e. The highest BCUT2D eigenvalue weighted by molar-refractivity contribution is 7.89. The molecule has 0 spiro atoms. The molecule has 1 aromatic carbocycles. The molecule has 2 aliphatic rings. The third kappa shape index (κ3) is 3.84. The Bertz CT molecular complexity index is 643. The van der Waals surface area contributed by atoms with Crippen molar-refractivity contribution in [2.24, 2.45) is 5.92 Å². The Labute approximate surface area is 141 Å². The van der Waals surface area contributed by atoms with Crippen LogP contribution in [0.15, 0.2) is 23.1 Å². The molecular weight excluding hydrogens is 346 g/mol. The summed E-state index contributed by atoms with van der Waals surface area (Å²) in [5.41, 5.74) is 0. The molecule has 2 fully saturated rings. The molecule has 0 aliphatic carbocycles. The first-order valence-electron chi connectivity index (χ1n) is 7.67. The number of hydrogen-bond donors (Lipinski definition) is 1. The van der Waals surface area contributed by atoms with Gasteiger partial charge in [0.05, 0.1) is 0 Å². The Morgan fingerprint density at radius 2 is 1.83 bits per heavy atom. The van der Waals surface area contributed by atoms with Crippen molar-refractivity contribution in [3.05, 3.63) is 29.8 Å². The summed E-state index contributed by atoms with van der Waals surface area (Å²) in [6, 6.07) is 3.01. The normalized spacial score (nSPS) is 23.7. The first-order chi connectivity index (χ1) is 10.5. The standard InChI is InChI=1S/C15H20F2N2O2S.ClH/c16-12-3-4-13(17)15(10-12)22(20,21)19-8-5-11(6-9-19)14-2-1-7-18-14;/h3-4,10-11,14,18H,1-2,5-9H2;1H. The number of piperidine rings is 1. The van der Waals surface area contributed by atoms with Crippen molar-refractivity contribution in [2.45, 2.75) is 36.6 Å². The van der Waals surface area contributed by atoms with Gasteiger partial charge in [0.1, 0.15) is 16.5 Å². The first kappa shape index (κ1) is 18.6. The number of benzene rings is 1. The Morgan fingerprint density at radius 3 is 2.43 bits per heavy atom. The van der Waals surface area contributed by atoms with Gasteiger partial charge in [-0.3, -0.25) is 0 Å². The fraction of sp³-hybridized carbons (Fsp3) is 0.600. The minimum absolute atomic E-state index is 0. The van der Waals surface area contributed by atoms with Crippen LogP contribution < -0.4 is 5.32 Å². The first-order valence-corrected chi connectivity index (χ1v) is 9.11. The predicted molar refractivity (Wildman–Crippen MR) is 86.1 cm³/mol. The highest BCUT2D eigenvalue weighted by Gasteiger charge is 2.34. The van der Waals surface area contributed by atoms with E-state index in [1.807, 2.05) is 0 Å². The maximum atomic E-state index is 13.8. The lowest BCUT2D eigenvalue weighted by Crippen LogP contribution is -2.43. The van der Waals surface area contributed by atoms with Crippen molar-refractivity contribution in [3.8, 4) is 0 Å². The molecule has 0 amide bonds. The van der Waals surface area contributed by atoms with E-state index in [0.29, 0.717) is 25.0 Å². The summed E-state index contributed by atoms with van der Waals surface area (Å²) in [6.07, 6.45) is 3.81. The molecule has 1 unspecified atom stereocenters. The van der Waals surface area contributed by atoms with E-state index in [9.17, 15) is 17.2 Å². The third-order valence-corrected chi connectivity index (χ3v) is 6.59. The van der Waals surface area contributed by atoms with Gasteiger partial charge in [0.15, 0.2) is 0 Å². The van der Waals surface area contributed by atoms with Crippen molar-refractivity contribution >= 4 is 22.4 Å². The lowest BCUT2D eigenvalue weighted by Gasteiger charge is -2.34. The molecule has 0 saturated carbocycles. The molecule has 2 saturated heterocycles. The molecule has 3 rings (SSSR count). The molecule has 0 radical (unpaired) electrons. The second-order valence-electron chi connectivity index (χ2n) is 6.02. The molecule has 1 aromatic rings. The van der Waals surface area contributed by atoms with Crippen molar-refractivity contribution in [3.63, 3.8) is 0 Å². The summed E-state index contributed by atoms with van der Waals surface area (Å²) in [5, 5.41) is 3.45.